The highest BCUT2D eigenvalue weighted by atomic mass is 16.2. The number of likely N-dealkylation sites (N-methyl/N-ethyl adjacent to an activating group) is 1. The van der Waals surface area contributed by atoms with Gasteiger partial charge >= 0.3 is 0 Å². The van der Waals surface area contributed by atoms with Gasteiger partial charge < -0.3 is 9.80 Å². The van der Waals surface area contributed by atoms with E-state index in [1.807, 2.05) is 24.1 Å². The largest absolute Gasteiger partial charge is 0.341 e. The summed E-state index contributed by atoms with van der Waals surface area (Å²) < 4.78 is 0. The minimum atomic E-state index is -0.0301. The molecule has 1 aliphatic rings. The summed E-state index contributed by atoms with van der Waals surface area (Å²) in [5.41, 5.74) is 2.43. The Labute approximate surface area is 167 Å². The van der Waals surface area contributed by atoms with Crippen LogP contribution in [-0.2, 0) is 6.42 Å². The van der Waals surface area contributed by atoms with E-state index in [0.29, 0.717) is 23.7 Å². The molecule has 0 N–H and O–H groups in total. The fourth-order valence-electron chi connectivity index (χ4n) is 3.78. The van der Waals surface area contributed by atoms with Crippen molar-refractivity contribution in [3.63, 3.8) is 0 Å². The summed E-state index contributed by atoms with van der Waals surface area (Å²) in [6, 6.07) is 11.4. The van der Waals surface area contributed by atoms with Gasteiger partial charge in [0.05, 0.1) is 0 Å². The van der Waals surface area contributed by atoms with Gasteiger partial charge in [-0.15, -0.1) is 0 Å². The zero-order valence-electron chi connectivity index (χ0n) is 16.8. The van der Waals surface area contributed by atoms with Gasteiger partial charge in [0, 0.05) is 49.7 Å². The van der Waals surface area contributed by atoms with Gasteiger partial charge in [-0.05, 0) is 74.1 Å². The van der Waals surface area contributed by atoms with Gasteiger partial charge in [0.2, 0.25) is 0 Å². The van der Waals surface area contributed by atoms with Gasteiger partial charge in [0.15, 0.2) is 0 Å². The third-order valence-corrected chi connectivity index (χ3v) is 5.57. The second kappa shape index (κ2) is 9.49. The van der Waals surface area contributed by atoms with E-state index in [2.05, 4.69) is 11.9 Å². The number of amides is 2. The van der Waals surface area contributed by atoms with Crippen molar-refractivity contribution in [3.05, 3.63) is 65.5 Å². The van der Waals surface area contributed by atoms with E-state index in [-0.39, 0.29) is 11.8 Å². The summed E-state index contributed by atoms with van der Waals surface area (Å²) in [4.78, 5) is 33.3. The molecule has 0 saturated carbocycles. The van der Waals surface area contributed by atoms with Gasteiger partial charge in [-0.2, -0.15) is 0 Å². The van der Waals surface area contributed by atoms with Crippen molar-refractivity contribution in [1.82, 2.24) is 14.8 Å². The zero-order valence-corrected chi connectivity index (χ0v) is 16.8. The summed E-state index contributed by atoms with van der Waals surface area (Å²) in [5, 5.41) is 0. The van der Waals surface area contributed by atoms with Crippen molar-refractivity contribution < 1.29 is 9.59 Å². The van der Waals surface area contributed by atoms with Crippen LogP contribution < -0.4 is 0 Å². The lowest BCUT2D eigenvalue weighted by Crippen LogP contribution is -2.43. The van der Waals surface area contributed by atoms with Crippen LogP contribution in [0.3, 0.4) is 0 Å². The van der Waals surface area contributed by atoms with Crippen LogP contribution in [0.15, 0.2) is 48.8 Å². The van der Waals surface area contributed by atoms with Crippen molar-refractivity contribution in [2.45, 2.75) is 45.1 Å². The minimum absolute atomic E-state index is 0.0301. The third-order valence-electron chi connectivity index (χ3n) is 5.57. The number of pyridine rings is 1. The molecule has 28 heavy (non-hydrogen) atoms. The van der Waals surface area contributed by atoms with Crippen molar-refractivity contribution in [1.29, 1.82) is 0 Å². The molecule has 0 spiro atoms. The Morgan fingerprint density at radius 3 is 2.43 bits per heavy atom. The zero-order chi connectivity index (χ0) is 19.9. The van der Waals surface area contributed by atoms with Crippen molar-refractivity contribution in [2.24, 2.45) is 0 Å². The van der Waals surface area contributed by atoms with Crippen molar-refractivity contribution in [3.8, 4) is 0 Å². The minimum Gasteiger partial charge on any atom is -0.341 e. The van der Waals surface area contributed by atoms with E-state index in [9.17, 15) is 9.59 Å². The topological polar surface area (TPSA) is 53.5 Å². The molecule has 2 amide bonds. The van der Waals surface area contributed by atoms with Gasteiger partial charge in [0.25, 0.3) is 11.8 Å². The van der Waals surface area contributed by atoms with Gasteiger partial charge in [-0.1, -0.05) is 6.92 Å². The lowest BCUT2D eigenvalue weighted by molar-refractivity contribution is 0.0607. The number of piperidine rings is 1. The summed E-state index contributed by atoms with van der Waals surface area (Å²) in [6.45, 7) is 3.60. The van der Waals surface area contributed by atoms with Crippen LogP contribution in [0.2, 0.25) is 0 Å². The summed E-state index contributed by atoms with van der Waals surface area (Å²) in [5.74, 6) is 0.0500. The van der Waals surface area contributed by atoms with E-state index in [1.165, 1.54) is 6.42 Å². The van der Waals surface area contributed by atoms with Gasteiger partial charge in [-0.25, -0.2) is 0 Å². The number of carbonyl (C=O) groups excluding carboxylic acids is 2. The number of hydrogen-bond donors (Lipinski definition) is 0. The van der Waals surface area contributed by atoms with Crippen molar-refractivity contribution >= 4 is 11.8 Å². The predicted octanol–water partition coefficient (Wildman–Crippen LogP) is 3.80. The monoisotopic (exact) mass is 379 g/mol. The number of hydrogen-bond acceptors (Lipinski definition) is 3. The Kier molecular flexibility index (Phi) is 6.80. The first-order chi connectivity index (χ1) is 13.6. The average molecular weight is 380 g/mol. The number of rotatable bonds is 6. The first-order valence-electron chi connectivity index (χ1n) is 10.2. The first-order valence-corrected chi connectivity index (χ1v) is 10.2. The summed E-state index contributed by atoms with van der Waals surface area (Å²) >= 11 is 0. The van der Waals surface area contributed by atoms with Gasteiger partial charge in [-0.3, -0.25) is 14.6 Å². The molecule has 1 aliphatic heterocycles. The molecule has 1 aromatic heterocycles. The molecule has 0 bridgehead atoms. The molecular formula is C23H29N3O2. The molecular weight excluding hydrogens is 350 g/mol. The van der Waals surface area contributed by atoms with Crippen LogP contribution in [0.5, 0.6) is 0 Å². The third kappa shape index (κ3) is 4.77. The molecule has 1 unspecified atom stereocenters. The maximum Gasteiger partial charge on any atom is 0.254 e. The molecule has 2 aromatic rings. The maximum atomic E-state index is 12.9. The molecule has 5 nitrogen and oxygen atoms in total. The number of likely N-dealkylation sites (tertiary alicyclic amines) is 1. The Bertz CT molecular complexity index is 789. The lowest BCUT2D eigenvalue weighted by atomic mass is 9.98. The molecule has 1 fully saturated rings. The number of carbonyl (C=O) groups is 2. The van der Waals surface area contributed by atoms with Crippen molar-refractivity contribution in [2.75, 3.05) is 20.1 Å². The van der Waals surface area contributed by atoms with Crippen LogP contribution in [0.1, 0.15) is 58.9 Å². The van der Waals surface area contributed by atoms with Gasteiger partial charge in [0.1, 0.15) is 0 Å². The van der Waals surface area contributed by atoms with Crippen LogP contribution in [0, 0.1) is 0 Å². The predicted molar refractivity (Wildman–Crippen MR) is 110 cm³/mol. The standard InChI is InChI=1S/C23H29N3O2/c1-3-21-6-4-5-16-26(21)23(28)20-9-7-19(8-10-20)22(27)25(2)17-13-18-11-14-24-15-12-18/h7-12,14-15,21H,3-6,13,16-17H2,1-2H3. The Morgan fingerprint density at radius 2 is 1.75 bits per heavy atom. The molecule has 3 rings (SSSR count). The van der Waals surface area contributed by atoms with Crippen LogP contribution in [-0.4, -0.2) is 52.8 Å². The van der Waals surface area contributed by atoms with Crippen LogP contribution in [0.25, 0.3) is 0 Å². The molecule has 1 saturated heterocycles. The number of nitrogens with zero attached hydrogens (tertiary/aromatic N) is 3. The Hall–Kier alpha value is -2.69. The molecule has 0 aliphatic carbocycles. The average Bonchev–Trinajstić information content (AvgIpc) is 2.77. The molecule has 5 heteroatoms. The fourth-order valence-corrected chi connectivity index (χ4v) is 3.78. The number of aromatic nitrogens is 1. The van der Waals surface area contributed by atoms with E-state index in [4.69, 9.17) is 0 Å². The van der Waals surface area contributed by atoms with Crippen LogP contribution >= 0.6 is 0 Å². The fraction of sp³-hybridized carbons (Fsp3) is 0.435. The Balaban J connectivity index is 1.61. The molecule has 0 radical (unpaired) electrons. The smallest absolute Gasteiger partial charge is 0.254 e. The van der Waals surface area contributed by atoms with Crippen LogP contribution in [0.4, 0.5) is 0 Å². The molecule has 1 atom stereocenters. The Morgan fingerprint density at radius 1 is 1.07 bits per heavy atom. The highest BCUT2D eigenvalue weighted by Crippen LogP contribution is 2.22. The molecule has 2 heterocycles. The van der Waals surface area contributed by atoms with E-state index < -0.39 is 0 Å². The SMILES string of the molecule is CCC1CCCCN1C(=O)c1ccc(C(=O)N(C)CCc2ccncc2)cc1. The van der Waals surface area contributed by atoms with E-state index >= 15 is 0 Å². The van der Waals surface area contributed by atoms with E-state index in [1.54, 1.807) is 41.6 Å². The summed E-state index contributed by atoms with van der Waals surface area (Å²) in [7, 11) is 1.81. The second-order valence-electron chi connectivity index (χ2n) is 7.47. The highest BCUT2D eigenvalue weighted by molar-refractivity contribution is 5.97. The summed E-state index contributed by atoms with van der Waals surface area (Å²) in [6.07, 6.45) is 8.65. The first kappa shape index (κ1) is 20.1. The molecule has 1 aromatic carbocycles. The quantitative estimate of drug-likeness (QED) is 0.767. The molecule has 148 valence electrons. The second-order valence-corrected chi connectivity index (χ2v) is 7.47. The van der Waals surface area contributed by atoms with E-state index in [0.717, 1.165) is 37.8 Å². The number of benzene rings is 1. The normalized spacial score (nSPS) is 16.6. The highest BCUT2D eigenvalue weighted by Gasteiger charge is 2.26. The maximum absolute atomic E-state index is 12.9. The lowest BCUT2D eigenvalue weighted by Gasteiger charge is -2.35.